The molecule has 0 fully saturated rings. The quantitative estimate of drug-likeness (QED) is 0.717. The second-order valence-electron chi connectivity index (χ2n) is 4.15. The zero-order chi connectivity index (χ0) is 12.5. The molecule has 0 aromatic heterocycles. The average molecular weight is 253 g/mol. The Bertz CT molecular complexity index is 317. The fraction of sp³-hybridized carbons (Fsp3) is 0.571. The van der Waals surface area contributed by atoms with Gasteiger partial charge in [0.05, 0.1) is 7.11 Å². The standard InChI is InChI=1S/C14H23NOS/c1-12(15-9-4-5-10-17-3)13-7-6-8-14(11-13)16-2/h6-8,11-12,15H,4-5,9-10H2,1-3H3/t12-/m1/s1. The predicted molar refractivity (Wildman–Crippen MR) is 77.0 cm³/mol. The summed E-state index contributed by atoms with van der Waals surface area (Å²) in [6, 6.07) is 8.65. The first kappa shape index (κ1) is 14.4. The van der Waals surface area contributed by atoms with Crippen LogP contribution in [0.15, 0.2) is 24.3 Å². The van der Waals surface area contributed by atoms with Crippen molar-refractivity contribution < 1.29 is 4.74 Å². The maximum absolute atomic E-state index is 5.23. The molecule has 0 radical (unpaired) electrons. The van der Waals surface area contributed by atoms with Crippen molar-refractivity contribution in [3.05, 3.63) is 29.8 Å². The topological polar surface area (TPSA) is 21.3 Å². The van der Waals surface area contributed by atoms with Crippen LogP contribution in [0.3, 0.4) is 0 Å². The number of ether oxygens (including phenoxy) is 1. The van der Waals surface area contributed by atoms with Crippen molar-refractivity contribution in [1.82, 2.24) is 5.32 Å². The second-order valence-corrected chi connectivity index (χ2v) is 5.14. The molecule has 0 aliphatic carbocycles. The predicted octanol–water partition coefficient (Wildman–Crippen LogP) is 3.49. The van der Waals surface area contributed by atoms with Gasteiger partial charge in [-0.15, -0.1) is 0 Å². The molecule has 0 aliphatic heterocycles. The number of hydrogen-bond acceptors (Lipinski definition) is 3. The van der Waals surface area contributed by atoms with Gasteiger partial charge >= 0.3 is 0 Å². The Morgan fingerprint density at radius 3 is 2.88 bits per heavy atom. The minimum atomic E-state index is 0.388. The summed E-state index contributed by atoms with van der Waals surface area (Å²) in [5.74, 6) is 2.19. The molecule has 96 valence electrons. The van der Waals surface area contributed by atoms with Gasteiger partial charge in [-0.1, -0.05) is 12.1 Å². The summed E-state index contributed by atoms with van der Waals surface area (Å²) in [5, 5.41) is 3.54. The van der Waals surface area contributed by atoms with Crippen molar-refractivity contribution in [2.24, 2.45) is 0 Å². The van der Waals surface area contributed by atoms with Crippen molar-refractivity contribution in [2.45, 2.75) is 25.8 Å². The van der Waals surface area contributed by atoms with Crippen molar-refractivity contribution >= 4 is 11.8 Å². The number of hydrogen-bond donors (Lipinski definition) is 1. The molecular weight excluding hydrogens is 230 g/mol. The van der Waals surface area contributed by atoms with Crippen molar-refractivity contribution in [1.29, 1.82) is 0 Å². The summed E-state index contributed by atoms with van der Waals surface area (Å²) in [4.78, 5) is 0. The Labute approximate surface area is 109 Å². The summed E-state index contributed by atoms with van der Waals surface area (Å²) < 4.78 is 5.23. The maximum Gasteiger partial charge on any atom is 0.119 e. The largest absolute Gasteiger partial charge is 0.497 e. The van der Waals surface area contributed by atoms with Crippen molar-refractivity contribution in [2.75, 3.05) is 25.7 Å². The van der Waals surface area contributed by atoms with E-state index in [1.807, 2.05) is 23.9 Å². The zero-order valence-electron chi connectivity index (χ0n) is 11.0. The lowest BCUT2D eigenvalue weighted by Crippen LogP contribution is -2.19. The van der Waals surface area contributed by atoms with E-state index < -0.39 is 0 Å². The van der Waals surface area contributed by atoms with Gasteiger partial charge in [-0.3, -0.25) is 0 Å². The molecule has 0 spiro atoms. The molecule has 1 aromatic carbocycles. The fourth-order valence-electron chi connectivity index (χ4n) is 1.72. The Kier molecular flexibility index (Phi) is 7.13. The molecule has 0 unspecified atom stereocenters. The van der Waals surface area contributed by atoms with Crippen molar-refractivity contribution in [3.63, 3.8) is 0 Å². The molecule has 3 heteroatoms. The number of rotatable bonds is 8. The van der Waals surface area contributed by atoms with Crippen molar-refractivity contribution in [3.8, 4) is 5.75 Å². The van der Waals surface area contributed by atoms with Crippen LogP contribution < -0.4 is 10.1 Å². The number of thioether (sulfide) groups is 1. The van der Waals surface area contributed by atoms with E-state index in [1.165, 1.54) is 24.2 Å². The summed E-state index contributed by atoms with van der Waals surface area (Å²) in [6.07, 6.45) is 4.69. The lowest BCUT2D eigenvalue weighted by Gasteiger charge is -2.15. The monoisotopic (exact) mass is 253 g/mol. The van der Waals surface area contributed by atoms with E-state index in [9.17, 15) is 0 Å². The molecule has 0 bridgehead atoms. The highest BCUT2D eigenvalue weighted by molar-refractivity contribution is 7.98. The average Bonchev–Trinajstić information content (AvgIpc) is 2.38. The van der Waals surface area contributed by atoms with Crippen LogP contribution >= 0.6 is 11.8 Å². The van der Waals surface area contributed by atoms with E-state index >= 15 is 0 Å². The lowest BCUT2D eigenvalue weighted by molar-refractivity contribution is 0.413. The van der Waals surface area contributed by atoms with Gasteiger partial charge in [0.1, 0.15) is 5.75 Å². The molecule has 0 aliphatic rings. The summed E-state index contributed by atoms with van der Waals surface area (Å²) >= 11 is 1.92. The maximum atomic E-state index is 5.23. The first-order chi connectivity index (χ1) is 8.27. The van der Waals surface area contributed by atoms with Gasteiger partial charge in [0.25, 0.3) is 0 Å². The van der Waals surface area contributed by atoms with Gasteiger partial charge in [0.2, 0.25) is 0 Å². The molecule has 2 nitrogen and oxygen atoms in total. The van der Waals surface area contributed by atoms with Gasteiger partial charge in [0, 0.05) is 6.04 Å². The van der Waals surface area contributed by atoms with Crippen LogP contribution in [0, 0.1) is 0 Å². The van der Waals surface area contributed by atoms with E-state index in [0.29, 0.717) is 6.04 Å². The third kappa shape index (κ3) is 5.46. The van der Waals surface area contributed by atoms with Gasteiger partial charge in [-0.25, -0.2) is 0 Å². The normalized spacial score (nSPS) is 12.4. The number of nitrogens with one attached hydrogen (secondary N) is 1. The number of methoxy groups -OCH3 is 1. The first-order valence-electron chi connectivity index (χ1n) is 6.14. The smallest absolute Gasteiger partial charge is 0.119 e. The number of benzene rings is 1. The van der Waals surface area contributed by atoms with Gasteiger partial charge < -0.3 is 10.1 Å². The zero-order valence-corrected chi connectivity index (χ0v) is 11.8. The lowest BCUT2D eigenvalue weighted by atomic mass is 10.1. The van der Waals surface area contributed by atoms with Gasteiger partial charge in [0.15, 0.2) is 0 Å². The Morgan fingerprint density at radius 2 is 2.18 bits per heavy atom. The summed E-state index contributed by atoms with van der Waals surface area (Å²) in [5.41, 5.74) is 1.29. The molecule has 0 amide bonds. The molecule has 0 saturated heterocycles. The van der Waals surface area contributed by atoms with Crippen LogP contribution in [0.25, 0.3) is 0 Å². The summed E-state index contributed by atoms with van der Waals surface area (Å²) in [6.45, 7) is 3.28. The minimum absolute atomic E-state index is 0.388. The minimum Gasteiger partial charge on any atom is -0.497 e. The van der Waals surface area contributed by atoms with Crippen LogP contribution in [-0.4, -0.2) is 25.7 Å². The molecule has 0 saturated carbocycles. The molecule has 1 aromatic rings. The Morgan fingerprint density at radius 1 is 1.35 bits per heavy atom. The van der Waals surface area contributed by atoms with Crippen LogP contribution in [0.1, 0.15) is 31.4 Å². The molecule has 17 heavy (non-hydrogen) atoms. The Balaban J connectivity index is 2.33. The van der Waals surface area contributed by atoms with Crippen LogP contribution in [0.2, 0.25) is 0 Å². The van der Waals surface area contributed by atoms with Crippen LogP contribution in [0.4, 0.5) is 0 Å². The highest BCUT2D eigenvalue weighted by Crippen LogP contribution is 2.18. The molecule has 1 N–H and O–H groups in total. The second kappa shape index (κ2) is 8.43. The molecule has 1 atom stereocenters. The Hall–Kier alpha value is -0.670. The SMILES string of the molecule is COc1cccc([C@@H](C)NCCCCSC)c1. The highest BCUT2D eigenvalue weighted by atomic mass is 32.2. The summed E-state index contributed by atoms with van der Waals surface area (Å²) in [7, 11) is 1.71. The van der Waals surface area contributed by atoms with Crippen LogP contribution in [-0.2, 0) is 0 Å². The van der Waals surface area contributed by atoms with E-state index in [4.69, 9.17) is 4.74 Å². The number of unbranched alkanes of at least 4 members (excludes halogenated alkanes) is 1. The molecular formula is C14H23NOS. The van der Waals surface area contributed by atoms with E-state index in [-0.39, 0.29) is 0 Å². The van der Waals surface area contributed by atoms with Gasteiger partial charge in [-0.2, -0.15) is 11.8 Å². The third-order valence-corrected chi connectivity index (χ3v) is 3.52. The highest BCUT2D eigenvalue weighted by Gasteiger charge is 2.04. The van der Waals surface area contributed by atoms with Gasteiger partial charge in [-0.05, 0) is 56.0 Å². The first-order valence-corrected chi connectivity index (χ1v) is 7.53. The fourth-order valence-corrected chi connectivity index (χ4v) is 2.21. The molecule has 0 heterocycles. The molecule has 1 rings (SSSR count). The third-order valence-electron chi connectivity index (χ3n) is 2.82. The van der Waals surface area contributed by atoms with E-state index in [0.717, 1.165) is 12.3 Å². The van der Waals surface area contributed by atoms with E-state index in [2.05, 4.69) is 30.6 Å². The van der Waals surface area contributed by atoms with Crippen LogP contribution in [0.5, 0.6) is 5.75 Å². The van der Waals surface area contributed by atoms with E-state index in [1.54, 1.807) is 7.11 Å².